The van der Waals surface area contributed by atoms with Crippen LogP contribution in [-0.2, 0) is 4.84 Å². The van der Waals surface area contributed by atoms with Crippen molar-refractivity contribution in [1.82, 2.24) is 5.48 Å². The quantitative estimate of drug-likeness (QED) is 0.816. The van der Waals surface area contributed by atoms with Gasteiger partial charge in [-0.15, -0.1) is 0 Å². The molecule has 98 valence electrons. The van der Waals surface area contributed by atoms with E-state index in [0.717, 1.165) is 18.6 Å². The van der Waals surface area contributed by atoms with Gasteiger partial charge >= 0.3 is 0 Å². The van der Waals surface area contributed by atoms with Gasteiger partial charge in [0.05, 0.1) is 12.7 Å². The second-order valence-corrected chi connectivity index (χ2v) is 4.41. The van der Waals surface area contributed by atoms with Crippen LogP contribution >= 0.6 is 0 Å². The summed E-state index contributed by atoms with van der Waals surface area (Å²) in [5, 5.41) is 0. The molecule has 1 aromatic rings. The maximum atomic E-state index is 11.8. The van der Waals surface area contributed by atoms with Crippen molar-refractivity contribution in [1.29, 1.82) is 0 Å². The monoisotopic (exact) mass is 249 g/mol. The van der Waals surface area contributed by atoms with Crippen molar-refractivity contribution in [3.63, 3.8) is 0 Å². The highest BCUT2D eigenvalue weighted by Gasteiger charge is 2.17. The van der Waals surface area contributed by atoms with Crippen LogP contribution in [0.5, 0.6) is 5.75 Å². The molecule has 0 spiro atoms. The normalized spacial score (nSPS) is 15.6. The summed E-state index contributed by atoms with van der Waals surface area (Å²) < 4.78 is 5.32. The maximum Gasteiger partial charge on any atom is 0.274 e. The summed E-state index contributed by atoms with van der Waals surface area (Å²) in [5.41, 5.74) is 3.09. The molecular formula is C14H19NO3. The van der Waals surface area contributed by atoms with Gasteiger partial charge < -0.3 is 4.74 Å². The predicted molar refractivity (Wildman–Crippen MR) is 68.4 cm³/mol. The molecular weight excluding hydrogens is 230 g/mol. The molecule has 1 aromatic carbocycles. The second-order valence-electron chi connectivity index (χ2n) is 4.41. The number of hydrogen-bond acceptors (Lipinski definition) is 3. The average Bonchev–Trinajstić information content (AvgIpc) is 2.90. The third-order valence-corrected chi connectivity index (χ3v) is 3.05. The van der Waals surface area contributed by atoms with Crippen LogP contribution in [0.3, 0.4) is 0 Å². The van der Waals surface area contributed by atoms with E-state index in [-0.39, 0.29) is 12.0 Å². The number of ether oxygens (including phenoxy) is 1. The van der Waals surface area contributed by atoms with E-state index in [1.807, 2.05) is 6.92 Å². The summed E-state index contributed by atoms with van der Waals surface area (Å²) in [4.78, 5) is 17.2. The van der Waals surface area contributed by atoms with Gasteiger partial charge in [-0.2, -0.15) is 0 Å². The van der Waals surface area contributed by atoms with Crippen molar-refractivity contribution in [2.75, 3.05) is 6.61 Å². The lowest BCUT2D eigenvalue weighted by Crippen LogP contribution is -2.28. The van der Waals surface area contributed by atoms with Gasteiger partial charge in [0.2, 0.25) is 0 Å². The number of carbonyl (C=O) groups is 1. The minimum absolute atomic E-state index is 0.177. The van der Waals surface area contributed by atoms with E-state index in [1.165, 1.54) is 12.8 Å². The Morgan fingerprint density at radius 2 is 1.94 bits per heavy atom. The van der Waals surface area contributed by atoms with Crippen LogP contribution in [0.25, 0.3) is 0 Å². The molecule has 0 aromatic heterocycles. The summed E-state index contributed by atoms with van der Waals surface area (Å²) in [6.07, 6.45) is 4.61. The molecule has 1 aliphatic carbocycles. The Kier molecular flexibility index (Phi) is 4.59. The average molecular weight is 249 g/mol. The fourth-order valence-electron chi connectivity index (χ4n) is 2.07. The van der Waals surface area contributed by atoms with Gasteiger partial charge in [0, 0.05) is 5.56 Å². The smallest absolute Gasteiger partial charge is 0.274 e. The van der Waals surface area contributed by atoms with Crippen LogP contribution in [0.1, 0.15) is 43.0 Å². The Balaban J connectivity index is 1.83. The van der Waals surface area contributed by atoms with Crippen molar-refractivity contribution in [2.45, 2.75) is 38.7 Å². The molecule has 0 unspecified atom stereocenters. The molecule has 18 heavy (non-hydrogen) atoms. The predicted octanol–water partition coefficient (Wildman–Crippen LogP) is 2.69. The minimum atomic E-state index is -0.204. The van der Waals surface area contributed by atoms with E-state index in [4.69, 9.17) is 9.57 Å². The fourth-order valence-corrected chi connectivity index (χ4v) is 2.07. The number of amides is 1. The third-order valence-electron chi connectivity index (χ3n) is 3.05. The first-order valence-electron chi connectivity index (χ1n) is 6.48. The van der Waals surface area contributed by atoms with Crippen LogP contribution in [0, 0.1) is 0 Å². The lowest BCUT2D eigenvalue weighted by molar-refractivity contribution is -0.0124. The minimum Gasteiger partial charge on any atom is -0.494 e. The lowest BCUT2D eigenvalue weighted by atomic mass is 10.2. The Morgan fingerprint density at radius 3 is 2.56 bits per heavy atom. The first-order valence-corrected chi connectivity index (χ1v) is 6.48. The molecule has 4 heteroatoms. The molecule has 0 aliphatic heterocycles. The van der Waals surface area contributed by atoms with Gasteiger partial charge in [0.25, 0.3) is 5.91 Å². The summed E-state index contributed by atoms with van der Waals surface area (Å²) in [7, 11) is 0. The molecule has 0 saturated heterocycles. The van der Waals surface area contributed by atoms with Crippen molar-refractivity contribution in [3.8, 4) is 5.75 Å². The maximum absolute atomic E-state index is 11.8. The van der Waals surface area contributed by atoms with Gasteiger partial charge in [-0.1, -0.05) is 12.8 Å². The fraction of sp³-hybridized carbons (Fsp3) is 0.500. The van der Waals surface area contributed by atoms with Gasteiger partial charge in [-0.05, 0) is 44.0 Å². The van der Waals surface area contributed by atoms with Crippen LogP contribution in [0.4, 0.5) is 0 Å². The highest BCUT2D eigenvalue weighted by molar-refractivity contribution is 5.93. The highest BCUT2D eigenvalue weighted by atomic mass is 16.7. The number of benzene rings is 1. The van der Waals surface area contributed by atoms with Gasteiger partial charge in [0.15, 0.2) is 0 Å². The standard InChI is InChI=1S/C14H19NO3/c1-2-17-12-9-7-11(8-10-12)14(16)15-18-13-5-3-4-6-13/h7-10,13H,2-6H2,1H3,(H,15,16). The number of carbonyl (C=O) groups excluding carboxylic acids is 1. The molecule has 4 nitrogen and oxygen atoms in total. The van der Waals surface area contributed by atoms with Crippen molar-refractivity contribution in [3.05, 3.63) is 29.8 Å². The first kappa shape index (κ1) is 12.9. The van der Waals surface area contributed by atoms with Crippen molar-refractivity contribution in [2.24, 2.45) is 0 Å². The highest BCUT2D eigenvalue weighted by Crippen LogP contribution is 2.20. The zero-order chi connectivity index (χ0) is 12.8. The lowest BCUT2D eigenvalue weighted by Gasteiger charge is -2.11. The third kappa shape index (κ3) is 3.47. The molecule has 2 rings (SSSR count). The topological polar surface area (TPSA) is 47.6 Å². The van der Waals surface area contributed by atoms with E-state index in [2.05, 4.69) is 5.48 Å². The molecule has 0 heterocycles. The number of hydroxylamine groups is 1. The van der Waals surface area contributed by atoms with Crippen LogP contribution in [-0.4, -0.2) is 18.6 Å². The van der Waals surface area contributed by atoms with E-state index < -0.39 is 0 Å². The summed E-state index contributed by atoms with van der Waals surface area (Å²) in [6, 6.07) is 7.04. The van der Waals surface area contributed by atoms with Crippen molar-refractivity contribution >= 4 is 5.91 Å². The van der Waals surface area contributed by atoms with Crippen LogP contribution < -0.4 is 10.2 Å². The number of hydrogen-bond donors (Lipinski definition) is 1. The Morgan fingerprint density at radius 1 is 1.28 bits per heavy atom. The zero-order valence-electron chi connectivity index (χ0n) is 10.6. The molecule has 1 amide bonds. The second kappa shape index (κ2) is 6.40. The molecule has 1 aliphatic rings. The molecule has 0 radical (unpaired) electrons. The summed E-state index contributed by atoms with van der Waals surface area (Å²) in [6.45, 7) is 2.55. The largest absolute Gasteiger partial charge is 0.494 e. The van der Waals surface area contributed by atoms with Gasteiger partial charge in [-0.25, -0.2) is 5.48 Å². The molecule has 0 atom stereocenters. The summed E-state index contributed by atoms with van der Waals surface area (Å²) >= 11 is 0. The number of nitrogens with one attached hydrogen (secondary N) is 1. The molecule has 1 saturated carbocycles. The number of rotatable bonds is 5. The van der Waals surface area contributed by atoms with Gasteiger partial charge in [-0.3, -0.25) is 9.63 Å². The van der Waals surface area contributed by atoms with E-state index in [9.17, 15) is 4.79 Å². The molecule has 0 bridgehead atoms. The van der Waals surface area contributed by atoms with E-state index in [0.29, 0.717) is 12.2 Å². The Labute approximate surface area is 107 Å². The van der Waals surface area contributed by atoms with Gasteiger partial charge in [0.1, 0.15) is 5.75 Å². The Hall–Kier alpha value is -1.55. The first-order chi connectivity index (χ1) is 8.79. The van der Waals surface area contributed by atoms with Crippen molar-refractivity contribution < 1.29 is 14.4 Å². The van der Waals surface area contributed by atoms with E-state index in [1.54, 1.807) is 24.3 Å². The summed E-state index contributed by atoms with van der Waals surface area (Å²) in [5.74, 6) is 0.565. The molecule has 1 fully saturated rings. The zero-order valence-corrected chi connectivity index (χ0v) is 10.6. The van der Waals surface area contributed by atoms with Crippen LogP contribution in [0.2, 0.25) is 0 Å². The van der Waals surface area contributed by atoms with E-state index >= 15 is 0 Å². The van der Waals surface area contributed by atoms with Crippen LogP contribution in [0.15, 0.2) is 24.3 Å². The Bertz CT molecular complexity index is 383. The SMILES string of the molecule is CCOc1ccc(C(=O)NOC2CCCC2)cc1. The molecule has 1 N–H and O–H groups in total.